The normalized spacial score (nSPS) is 13.1. The van der Waals surface area contributed by atoms with E-state index in [4.69, 9.17) is 16.3 Å². The van der Waals surface area contributed by atoms with Crippen LogP contribution in [0.5, 0.6) is 0 Å². The lowest BCUT2D eigenvalue weighted by molar-refractivity contribution is -0.142. The van der Waals surface area contributed by atoms with Crippen molar-refractivity contribution in [3.8, 4) is 0 Å². The van der Waals surface area contributed by atoms with Crippen molar-refractivity contribution in [2.75, 3.05) is 5.32 Å². The summed E-state index contributed by atoms with van der Waals surface area (Å²) >= 11 is 6.39. The molecule has 8 heteroatoms. The van der Waals surface area contributed by atoms with E-state index in [0.29, 0.717) is 16.3 Å². The Labute approximate surface area is 219 Å². The van der Waals surface area contributed by atoms with Gasteiger partial charge in [-0.25, -0.2) is 4.79 Å². The second-order valence-electron chi connectivity index (χ2n) is 10.3. The third kappa shape index (κ3) is 7.23. The summed E-state index contributed by atoms with van der Waals surface area (Å²) < 4.78 is 5.32. The smallest absolute Gasteiger partial charge is 0.408 e. The van der Waals surface area contributed by atoms with Gasteiger partial charge in [0.25, 0.3) is 5.91 Å². The van der Waals surface area contributed by atoms with Gasteiger partial charge in [-0.05, 0) is 90.6 Å². The highest BCUT2D eigenvalue weighted by Crippen LogP contribution is 2.32. The molecule has 0 heterocycles. The average Bonchev–Trinajstić information content (AvgIpc) is 2.74. The number of hydrogen-bond donors (Lipinski definition) is 2. The minimum Gasteiger partial charge on any atom is -0.444 e. The fourth-order valence-electron chi connectivity index (χ4n) is 3.92. The van der Waals surface area contributed by atoms with Crippen molar-refractivity contribution >= 4 is 35.2 Å². The molecule has 0 aliphatic heterocycles. The SMILES string of the molecule is Cc1cccc(C(C(=O)Nc2c(C)cccc2Cl)N(C(=O)C(C)NC(=O)OC(C)(C)C)C(C)C)c1C. The van der Waals surface area contributed by atoms with Crippen molar-refractivity contribution in [2.24, 2.45) is 0 Å². The van der Waals surface area contributed by atoms with E-state index in [9.17, 15) is 14.4 Å². The van der Waals surface area contributed by atoms with Gasteiger partial charge >= 0.3 is 6.09 Å². The number of ether oxygens (including phenoxy) is 1. The maximum Gasteiger partial charge on any atom is 0.408 e. The Morgan fingerprint density at radius 1 is 0.944 bits per heavy atom. The number of anilines is 1. The molecule has 2 atom stereocenters. The van der Waals surface area contributed by atoms with Crippen LogP contribution >= 0.6 is 11.6 Å². The van der Waals surface area contributed by atoms with Gasteiger partial charge in [-0.15, -0.1) is 0 Å². The molecular formula is C28H38ClN3O4. The molecule has 3 amide bonds. The van der Waals surface area contributed by atoms with Crippen molar-refractivity contribution in [3.63, 3.8) is 0 Å². The Hall–Kier alpha value is -3.06. The van der Waals surface area contributed by atoms with Gasteiger partial charge in [-0.3, -0.25) is 9.59 Å². The molecule has 7 nitrogen and oxygen atoms in total. The average molecular weight is 516 g/mol. The van der Waals surface area contributed by atoms with Crippen molar-refractivity contribution in [1.82, 2.24) is 10.2 Å². The number of carbonyl (C=O) groups is 3. The van der Waals surface area contributed by atoms with E-state index in [0.717, 1.165) is 16.7 Å². The van der Waals surface area contributed by atoms with Gasteiger partial charge in [-0.2, -0.15) is 0 Å². The Morgan fingerprint density at radius 3 is 2.08 bits per heavy atom. The highest BCUT2D eigenvalue weighted by atomic mass is 35.5. The number of rotatable bonds is 7. The number of aryl methyl sites for hydroxylation is 2. The molecule has 0 fully saturated rings. The van der Waals surface area contributed by atoms with Crippen LogP contribution in [0.25, 0.3) is 0 Å². The van der Waals surface area contributed by atoms with Gasteiger partial charge in [0.1, 0.15) is 17.7 Å². The fourth-order valence-corrected chi connectivity index (χ4v) is 4.19. The molecule has 0 spiro atoms. The third-order valence-electron chi connectivity index (χ3n) is 5.85. The zero-order valence-electron chi connectivity index (χ0n) is 22.7. The van der Waals surface area contributed by atoms with Crippen LogP contribution in [0.2, 0.25) is 5.02 Å². The minimum atomic E-state index is -0.962. The number of carbonyl (C=O) groups excluding carboxylic acids is 3. The molecule has 0 aliphatic carbocycles. The molecule has 2 rings (SSSR count). The number of benzene rings is 2. The maximum atomic E-state index is 13.9. The number of hydrogen-bond acceptors (Lipinski definition) is 4. The van der Waals surface area contributed by atoms with Crippen LogP contribution in [0, 0.1) is 20.8 Å². The van der Waals surface area contributed by atoms with Crippen molar-refractivity contribution in [3.05, 3.63) is 63.7 Å². The van der Waals surface area contributed by atoms with Gasteiger partial charge in [0.2, 0.25) is 5.91 Å². The highest BCUT2D eigenvalue weighted by Gasteiger charge is 2.37. The Morgan fingerprint density at radius 2 is 1.53 bits per heavy atom. The minimum absolute atomic E-state index is 0.358. The number of nitrogens with one attached hydrogen (secondary N) is 2. The van der Waals surface area contributed by atoms with Gasteiger partial charge in [0.15, 0.2) is 0 Å². The van der Waals surface area contributed by atoms with Gasteiger partial charge in [0, 0.05) is 6.04 Å². The summed E-state index contributed by atoms with van der Waals surface area (Å²) in [6.07, 6.45) is -0.702. The summed E-state index contributed by atoms with van der Waals surface area (Å²) in [6, 6.07) is 8.79. The van der Waals surface area contributed by atoms with E-state index < -0.39 is 35.6 Å². The Kier molecular flexibility index (Phi) is 9.55. The quantitative estimate of drug-likeness (QED) is 0.466. The van der Waals surface area contributed by atoms with E-state index in [-0.39, 0.29) is 6.04 Å². The molecule has 196 valence electrons. The molecule has 0 radical (unpaired) electrons. The molecule has 0 saturated carbocycles. The van der Waals surface area contributed by atoms with Crippen molar-refractivity contribution in [2.45, 2.75) is 86.0 Å². The lowest BCUT2D eigenvalue weighted by Gasteiger charge is -2.37. The molecule has 2 aromatic rings. The van der Waals surface area contributed by atoms with E-state index in [2.05, 4.69) is 10.6 Å². The first-order chi connectivity index (χ1) is 16.6. The summed E-state index contributed by atoms with van der Waals surface area (Å²) in [4.78, 5) is 41.5. The first-order valence-corrected chi connectivity index (χ1v) is 12.5. The third-order valence-corrected chi connectivity index (χ3v) is 6.17. The molecule has 0 aliphatic rings. The standard InChI is InChI=1S/C28H38ClN3O4/c1-16(2)32(26(34)20(6)30-27(35)36-28(7,8)9)24(21-14-10-12-17(3)19(21)5)25(33)31-23-18(4)13-11-15-22(23)29/h10-16,20,24H,1-9H3,(H,30,35)(H,31,33). The monoisotopic (exact) mass is 515 g/mol. The largest absolute Gasteiger partial charge is 0.444 e. The molecule has 36 heavy (non-hydrogen) atoms. The summed E-state index contributed by atoms with van der Waals surface area (Å²) in [5.74, 6) is -0.806. The number of alkyl carbamates (subject to hydrolysis) is 1. The van der Waals surface area contributed by atoms with Gasteiger partial charge in [-0.1, -0.05) is 41.9 Å². The number of amides is 3. The number of nitrogens with zero attached hydrogens (tertiary/aromatic N) is 1. The second kappa shape index (κ2) is 11.8. The summed E-state index contributed by atoms with van der Waals surface area (Å²) in [6.45, 7) is 16.2. The van der Waals surface area contributed by atoms with Crippen LogP contribution < -0.4 is 10.6 Å². The predicted molar refractivity (Wildman–Crippen MR) is 144 cm³/mol. The predicted octanol–water partition coefficient (Wildman–Crippen LogP) is 6.10. The first-order valence-electron chi connectivity index (χ1n) is 12.1. The van der Waals surface area contributed by atoms with E-state index in [1.165, 1.54) is 4.90 Å². The van der Waals surface area contributed by atoms with Crippen LogP contribution in [0.15, 0.2) is 36.4 Å². The van der Waals surface area contributed by atoms with E-state index in [1.54, 1.807) is 33.8 Å². The fraction of sp³-hybridized carbons (Fsp3) is 0.464. The topological polar surface area (TPSA) is 87.7 Å². The molecule has 2 N–H and O–H groups in total. The highest BCUT2D eigenvalue weighted by molar-refractivity contribution is 6.34. The summed E-state index contributed by atoms with van der Waals surface area (Å²) in [5, 5.41) is 5.96. The van der Waals surface area contributed by atoms with Crippen LogP contribution in [-0.2, 0) is 14.3 Å². The Balaban J connectivity index is 2.53. The molecule has 2 aromatic carbocycles. The molecular weight excluding hydrogens is 478 g/mol. The van der Waals surface area contributed by atoms with Crippen LogP contribution in [0.4, 0.5) is 10.5 Å². The summed E-state index contributed by atoms with van der Waals surface area (Å²) in [7, 11) is 0. The van der Waals surface area contributed by atoms with Crippen LogP contribution in [0.3, 0.4) is 0 Å². The van der Waals surface area contributed by atoms with Crippen LogP contribution in [0.1, 0.15) is 69.8 Å². The van der Waals surface area contributed by atoms with Crippen molar-refractivity contribution < 1.29 is 19.1 Å². The van der Waals surface area contributed by atoms with Gasteiger partial charge < -0.3 is 20.3 Å². The van der Waals surface area contributed by atoms with Crippen molar-refractivity contribution in [1.29, 1.82) is 0 Å². The van der Waals surface area contributed by atoms with E-state index in [1.807, 2.05) is 65.0 Å². The molecule has 0 aromatic heterocycles. The lowest BCUT2D eigenvalue weighted by atomic mass is 9.94. The first kappa shape index (κ1) is 29.2. The second-order valence-corrected chi connectivity index (χ2v) is 10.7. The maximum absolute atomic E-state index is 13.9. The number of para-hydroxylation sites is 1. The Bertz CT molecular complexity index is 1100. The number of halogens is 1. The molecule has 0 saturated heterocycles. The van der Waals surface area contributed by atoms with Crippen LogP contribution in [-0.4, -0.2) is 40.5 Å². The lowest BCUT2D eigenvalue weighted by Crippen LogP contribution is -2.53. The molecule has 2 unspecified atom stereocenters. The zero-order chi connectivity index (χ0) is 27.4. The van der Waals surface area contributed by atoms with Gasteiger partial charge in [0.05, 0.1) is 10.7 Å². The molecule has 0 bridgehead atoms. The zero-order valence-corrected chi connectivity index (χ0v) is 23.4. The van der Waals surface area contributed by atoms with E-state index >= 15 is 0 Å². The summed E-state index contributed by atoms with van der Waals surface area (Å²) in [5.41, 5.74) is 3.19.